The topological polar surface area (TPSA) is 83.4 Å². The maximum atomic E-state index is 12.6. The Labute approximate surface area is 179 Å². The first-order chi connectivity index (χ1) is 14.1. The molecule has 1 aromatic carbocycles. The molecule has 0 saturated heterocycles. The number of amides is 1. The van der Waals surface area contributed by atoms with E-state index in [1.54, 1.807) is 29.5 Å². The molecule has 0 unspecified atom stereocenters. The van der Waals surface area contributed by atoms with Crippen LogP contribution in [0.15, 0.2) is 18.2 Å². The lowest BCUT2D eigenvalue weighted by molar-refractivity contribution is 0.0977. The highest BCUT2D eigenvalue weighted by atomic mass is 32.1. The summed E-state index contributed by atoms with van der Waals surface area (Å²) in [6, 6.07) is 7.21. The number of thiophene rings is 1. The smallest absolute Gasteiger partial charge is 0.257 e. The van der Waals surface area contributed by atoms with Gasteiger partial charge in [-0.1, -0.05) is 12.8 Å². The summed E-state index contributed by atoms with van der Waals surface area (Å²) in [5.74, 6) is 0.639. The Morgan fingerprint density at radius 1 is 1.14 bits per heavy atom. The summed E-state index contributed by atoms with van der Waals surface area (Å²) in [5.41, 5.74) is 2.18. The molecule has 0 bridgehead atoms. The van der Waals surface area contributed by atoms with E-state index in [1.807, 2.05) is 0 Å². The molecule has 1 heterocycles. The minimum absolute atomic E-state index is 0.163. The van der Waals surface area contributed by atoms with Crippen molar-refractivity contribution < 1.29 is 14.3 Å². The molecule has 1 aliphatic carbocycles. The number of nitriles is 1. The first-order valence-electron chi connectivity index (χ1n) is 9.46. The second-order valence-electron chi connectivity index (χ2n) is 6.71. The van der Waals surface area contributed by atoms with Crippen molar-refractivity contribution in [2.24, 2.45) is 0 Å². The van der Waals surface area contributed by atoms with Crippen molar-refractivity contribution in [2.75, 3.05) is 19.5 Å². The van der Waals surface area contributed by atoms with Crippen LogP contribution in [-0.4, -0.2) is 25.2 Å². The molecule has 0 atom stereocenters. The summed E-state index contributed by atoms with van der Waals surface area (Å²) < 4.78 is 10.4. The summed E-state index contributed by atoms with van der Waals surface area (Å²) >= 11 is 6.88. The average molecular weight is 430 g/mol. The molecule has 1 aliphatic rings. The van der Waals surface area contributed by atoms with E-state index in [0.29, 0.717) is 27.6 Å². The predicted molar refractivity (Wildman–Crippen MR) is 118 cm³/mol. The molecule has 0 spiro atoms. The van der Waals surface area contributed by atoms with Crippen molar-refractivity contribution in [3.8, 4) is 17.6 Å². The van der Waals surface area contributed by atoms with E-state index < -0.39 is 0 Å². The lowest BCUT2D eigenvalue weighted by atomic mass is 9.97. The zero-order chi connectivity index (χ0) is 20.8. The summed E-state index contributed by atoms with van der Waals surface area (Å²) in [7, 11) is 3.05. The van der Waals surface area contributed by atoms with E-state index >= 15 is 0 Å². The van der Waals surface area contributed by atoms with Crippen molar-refractivity contribution >= 4 is 39.6 Å². The standard InChI is InChI=1S/C21H23N3O3S2/c1-26-16-10-9-13(11-17(16)27-2)19(25)23-21(28)24-20-15(12-22)14-7-5-3-4-6-8-18(14)29-20/h9-11H,3-8H2,1-2H3,(H2,23,24,25,28). The Hall–Kier alpha value is -2.63. The number of fused-ring (bicyclic) bond motifs is 1. The number of ether oxygens (including phenoxy) is 2. The van der Waals surface area contributed by atoms with Crippen LogP contribution in [0.25, 0.3) is 0 Å². The van der Waals surface area contributed by atoms with Gasteiger partial charge in [-0.25, -0.2) is 0 Å². The van der Waals surface area contributed by atoms with Crippen LogP contribution >= 0.6 is 23.6 Å². The Bertz CT molecular complexity index is 963. The third-order valence-electron chi connectivity index (χ3n) is 4.88. The summed E-state index contributed by atoms with van der Waals surface area (Å²) in [5, 5.41) is 16.3. The quantitative estimate of drug-likeness (QED) is 0.700. The first-order valence-corrected chi connectivity index (χ1v) is 10.7. The Kier molecular flexibility index (Phi) is 7.07. The van der Waals surface area contributed by atoms with Crippen molar-refractivity contribution in [1.82, 2.24) is 5.32 Å². The van der Waals surface area contributed by atoms with Crippen molar-refractivity contribution in [3.05, 3.63) is 39.8 Å². The molecule has 1 amide bonds. The van der Waals surface area contributed by atoms with Gasteiger partial charge in [-0.3, -0.25) is 10.1 Å². The fourth-order valence-corrected chi connectivity index (χ4v) is 4.92. The highest BCUT2D eigenvalue weighted by molar-refractivity contribution is 7.80. The van der Waals surface area contributed by atoms with Crippen LogP contribution in [0.5, 0.6) is 11.5 Å². The molecular weight excluding hydrogens is 406 g/mol. The molecule has 0 aliphatic heterocycles. The number of carbonyl (C=O) groups excluding carboxylic acids is 1. The fraction of sp³-hybridized carbons (Fsp3) is 0.381. The van der Waals surface area contributed by atoms with Gasteiger partial charge in [0.1, 0.15) is 11.1 Å². The molecule has 0 radical (unpaired) electrons. The molecule has 2 N–H and O–H groups in total. The number of hydrogen-bond donors (Lipinski definition) is 2. The maximum absolute atomic E-state index is 12.6. The summed E-state index contributed by atoms with van der Waals surface area (Å²) in [6.45, 7) is 0. The highest BCUT2D eigenvalue weighted by Gasteiger charge is 2.20. The highest BCUT2D eigenvalue weighted by Crippen LogP contribution is 2.36. The number of methoxy groups -OCH3 is 2. The molecule has 0 saturated carbocycles. The molecule has 2 aromatic rings. The number of carbonyl (C=O) groups is 1. The van der Waals surface area contributed by atoms with E-state index in [1.165, 1.54) is 31.9 Å². The van der Waals surface area contributed by atoms with Gasteiger partial charge in [-0.15, -0.1) is 11.3 Å². The van der Waals surface area contributed by atoms with Crippen molar-refractivity contribution in [2.45, 2.75) is 38.5 Å². The van der Waals surface area contributed by atoms with Crippen LogP contribution in [0, 0.1) is 11.3 Å². The zero-order valence-electron chi connectivity index (χ0n) is 16.5. The Balaban J connectivity index is 1.73. The second kappa shape index (κ2) is 9.72. The third-order valence-corrected chi connectivity index (χ3v) is 6.29. The first kappa shape index (κ1) is 21.1. The predicted octanol–water partition coefficient (Wildman–Crippen LogP) is 4.42. The monoisotopic (exact) mass is 429 g/mol. The molecule has 152 valence electrons. The number of nitrogens with one attached hydrogen (secondary N) is 2. The lowest BCUT2D eigenvalue weighted by Gasteiger charge is -2.11. The van der Waals surface area contributed by atoms with E-state index in [2.05, 4.69) is 16.7 Å². The largest absolute Gasteiger partial charge is 0.493 e. The van der Waals surface area contributed by atoms with Gasteiger partial charge >= 0.3 is 0 Å². The molecular formula is C21H23N3O3S2. The van der Waals surface area contributed by atoms with E-state index in [9.17, 15) is 10.1 Å². The number of hydrogen-bond acceptors (Lipinski definition) is 6. The van der Waals surface area contributed by atoms with Gasteiger partial charge in [-0.05, 0) is 61.7 Å². The molecule has 29 heavy (non-hydrogen) atoms. The lowest BCUT2D eigenvalue weighted by Crippen LogP contribution is -2.34. The Morgan fingerprint density at radius 3 is 2.55 bits per heavy atom. The van der Waals surface area contributed by atoms with E-state index in [0.717, 1.165) is 31.2 Å². The molecule has 6 nitrogen and oxygen atoms in total. The van der Waals surface area contributed by atoms with Gasteiger partial charge in [0.2, 0.25) is 0 Å². The third kappa shape index (κ3) is 4.86. The van der Waals surface area contributed by atoms with Gasteiger partial charge in [-0.2, -0.15) is 5.26 Å². The van der Waals surface area contributed by atoms with Crippen molar-refractivity contribution in [1.29, 1.82) is 5.26 Å². The SMILES string of the molecule is COc1ccc(C(=O)NC(=S)Nc2sc3c(c2C#N)CCCCCC3)cc1OC. The molecule has 8 heteroatoms. The van der Waals surface area contributed by atoms with Crippen LogP contribution < -0.4 is 20.1 Å². The van der Waals surface area contributed by atoms with Gasteiger partial charge in [0.05, 0.1) is 19.8 Å². The maximum Gasteiger partial charge on any atom is 0.257 e. The number of aryl methyl sites for hydroxylation is 1. The van der Waals surface area contributed by atoms with Crippen LogP contribution in [0.3, 0.4) is 0 Å². The molecule has 3 rings (SSSR count). The number of thiocarbonyl (C=S) groups is 1. The second-order valence-corrected chi connectivity index (χ2v) is 8.23. The van der Waals surface area contributed by atoms with Gasteiger partial charge in [0.25, 0.3) is 5.91 Å². The van der Waals surface area contributed by atoms with Crippen LogP contribution in [0.4, 0.5) is 5.00 Å². The van der Waals surface area contributed by atoms with Crippen molar-refractivity contribution in [3.63, 3.8) is 0 Å². The van der Waals surface area contributed by atoms with E-state index in [4.69, 9.17) is 21.7 Å². The number of nitrogens with zero attached hydrogens (tertiary/aromatic N) is 1. The van der Waals surface area contributed by atoms with Gasteiger partial charge in [0.15, 0.2) is 16.6 Å². The number of benzene rings is 1. The van der Waals surface area contributed by atoms with Gasteiger partial charge in [0, 0.05) is 10.4 Å². The minimum atomic E-state index is -0.364. The Morgan fingerprint density at radius 2 is 1.86 bits per heavy atom. The summed E-state index contributed by atoms with van der Waals surface area (Å²) in [6.07, 6.45) is 6.56. The zero-order valence-corrected chi connectivity index (χ0v) is 18.1. The fourth-order valence-electron chi connectivity index (χ4n) is 3.41. The van der Waals surface area contributed by atoms with Crippen LogP contribution in [0.1, 0.15) is 52.0 Å². The average Bonchev–Trinajstić information content (AvgIpc) is 3.02. The number of rotatable bonds is 4. The normalized spacial score (nSPS) is 13.3. The van der Waals surface area contributed by atoms with Crippen LogP contribution in [0.2, 0.25) is 0 Å². The summed E-state index contributed by atoms with van der Waals surface area (Å²) in [4.78, 5) is 13.8. The molecule has 0 fully saturated rings. The van der Waals surface area contributed by atoms with Gasteiger partial charge < -0.3 is 14.8 Å². The van der Waals surface area contributed by atoms with E-state index in [-0.39, 0.29) is 11.0 Å². The number of anilines is 1. The van der Waals surface area contributed by atoms with Crippen LogP contribution in [-0.2, 0) is 12.8 Å². The minimum Gasteiger partial charge on any atom is -0.493 e. The molecule has 1 aromatic heterocycles.